The molecule has 23 heavy (non-hydrogen) atoms. The first-order valence-electron chi connectivity index (χ1n) is 8.72. The lowest BCUT2D eigenvalue weighted by Crippen LogP contribution is -2.41. The van der Waals surface area contributed by atoms with Gasteiger partial charge in [0, 0.05) is 31.5 Å². The van der Waals surface area contributed by atoms with E-state index < -0.39 is 0 Å². The van der Waals surface area contributed by atoms with Crippen LogP contribution >= 0.6 is 0 Å². The summed E-state index contributed by atoms with van der Waals surface area (Å²) in [6.07, 6.45) is 4.63. The minimum absolute atomic E-state index is 0.0931. The smallest absolute Gasteiger partial charge is 0.224 e. The molecule has 1 aromatic carbocycles. The van der Waals surface area contributed by atoms with E-state index in [-0.39, 0.29) is 23.8 Å². The highest BCUT2D eigenvalue weighted by Gasteiger charge is 2.24. The van der Waals surface area contributed by atoms with Gasteiger partial charge in [0.05, 0.1) is 0 Å². The SMILES string of the molecule is CCN(Cc1ccccc1)C(=O)C[C@@H](C)NC(=O)C1CCCC1. The largest absolute Gasteiger partial charge is 0.353 e. The Bertz CT molecular complexity index is 509. The quantitative estimate of drug-likeness (QED) is 0.840. The van der Waals surface area contributed by atoms with Crippen molar-refractivity contribution in [3.8, 4) is 0 Å². The fraction of sp³-hybridized carbons (Fsp3) is 0.579. The fourth-order valence-electron chi connectivity index (χ4n) is 3.17. The Kier molecular flexibility index (Phi) is 6.63. The fourth-order valence-corrected chi connectivity index (χ4v) is 3.17. The Morgan fingerprint density at radius 2 is 1.87 bits per heavy atom. The second kappa shape index (κ2) is 8.70. The lowest BCUT2D eigenvalue weighted by atomic mass is 10.1. The van der Waals surface area contributed by atoms with Crippen molar-refractivity contribution in [1.29, 1.82) is 0 Å². The lowest BCUT2D eigenvalue weighted by Gasteiger charge is -2.24. The van der Waals surface area contributed by atoms with Gasteiger partial charge in [-0.1, -0.05) is 43.2 Å². The first-order valence-corrected chi connectivity index (χ1v) is 8.72. The summed E-state index contributed by atoms with van der Waals surface area (Å²) < 4.78 is 0. The molecule has 0 saturated heterocycles. The van der Waals surface area contributed by atoms with Crippen LogP contribution in [-0.2, 0) is 16.1 Å². The minimum atomic E-state index is -0.111. The molecule has 0 radical (unpaired) electrons. The number of carbonyl (C=O) groups is 2. The molecule has 1 N–H and O–H groups in total. The van der Waals surface area contributed by atoms with Crippen LogP contribution in [0.15, 0.2) is 30.3 Å². The van der Waals surface area contributed by atoms with E-state index in [1.54, 1.807) is 0 Å². The van der Waals surface area contributed by atoms with Gasteiger partial charge in [-0.05, 0) is 32.3 Å². The molecule has 2 amide bonds. The van der Waals surface area contributed by atoms with E-state index in [4.69, 9.17) is 0 Å². The minimum Gasteiger partial charge on any atom is -0.353 e. The lowest BCUT2D eigenvalue weighted by molar-refractivity contribution is -0.132. The molecule has 0 aromatic heterocycles. The average Bonchev–Trinajstić information content (AvgIpc) is 3.07. The van der Waals surface area contributed by atoms with Crippen molar-refractivity contribution in [3.63, 3.8) is 0 Å². The van der Waals surface area contributed by atoms with Gasteiger partial charge >= 0.3 is 0 Å². The van der Waals surface area contributed by atoms with Crippen LogP contribution in [0.4, 0.5) is 0 Å². The van der Waals surface area contributed by atoms with Gasteiger partial charge in [-0.2, -0.15) is 0 Å². The maximum Gasteiger partial charge on any atom is 0.224 e. The third-order valence-corrected chi connectivity index (χ3v) is 4.55. The molecule has 4 heteroatoms. The van der Waals surface area contributed by atoms with Gasteiger partial charge in [-0.3, -0.25) is 9.59 Å². The van der Waals surface area contributed by atoms with E-state index in [0.717, 1.165) is 31.2 Å². The summed E-state index contributed by atoms with van der Waals surface area (Å²) in [7, 11) is 0. The van der Waals surface area contributed by atoms with Gasteiger partial charge in [-0.15, -0.1) is 0 Å². The van der Waals surface area contributed by atoms with Crippen molar-refractivity contribution < 1.29 is 9.59 Å². The molecule has 2 rings (SSSR count). The van der Waals surface area contributed by atoms with Crippen LogP contribution < -0.4 is 5.32 Å². The van der Waals surface area contributed by atoms with Gasteiger partial charge in [0.15, 0.2) is 0 Å². The van der Waals surface area contributed by atoms with Gasteiger partial charge in [0.25, 0.3) is 0 Å². The van der Waals surface area contributed by atoms with Crippen molar-refractivity contribution in [2.45, 2.75) is 58.5 Å². The van der Waals surface area contributed by atoms with Crippen molar-refractivity contribution in [2.75, 3.05) is 6.54 Å². The normalized spacial score (nSPS) is 16.1. The van der Waals surface area contributed by atoms with Crippen LogP contribution in [0, 0.1) is 5.92 Å². The molecule has 126 valence electrons. The highest BCUT2D eigenvalue weighted by molar-refractivity contribution is 5.81. The number of carbonyl (C=O) groups excluding carboxylic acids is 2. The molecule has 1 saturated carbocycles. The van der Waals surface area contributed by atoms with Crippen LogP contribution in [0.25, 0.3) is 0 Å². The summed E-state index contributed by atoms with van der Waals surface area (Å²) in [5.41, 5.74) is 1.13. The monoisotopic (exact) mass is 316 g/mol. The predicted octanol–water partition coefficient (Wildman–Crippen LogP) is 3.12. The zero-order chi connectivity index (χ0) is 16.7. The van der Waals surface area contributed by atoms with Crippen molar-refractivity contribution >= 4 is 11.8 Å². The number of amides is 2. The summed E-state index contributed by atoms with van der Waals surface area (Å²) >= 11 is 0. The molecule has 1 aromatic rings. The van der Waals surface area contributed by atoms with Gasteiger partial charge in [0.1, 0.15) is 0 Å². The highest BCUT2D eigenvalue weighted by atomic mass is 16.2. The number of hydrogen-bond donors (Lipinski definition) is 1. The van der Waals surface area contributed by atoms with E-state index in [0.29, 0.717) is 19.5 Å². The third kappa shape index (κ3) is 5.38. The van der Waals surface area contributed by atoms with E-state index in [1.165, 1.54) is 0 Å². The summed E-state index contributed by atoms with van der Waals surface area (Å²) in [5, 5.41) is 3.01. The Balaban J connectivity index is 1.82. The van der Waals surface area contributed by atoms with Gasteiger partial charge in [-0.25, -0.2) is 0 Å². The molecule has 4 nitrogen and oxygen atoms in total. The summed E-state index contributed by atoms with van der Waals surface area (Å²) in [4.78, 5) is 26.4. The predicted molar refractivity (Wildman–Crippen MR) is 91.7 cm³/mol. The van der Waals surface area contributed by atoms with Gasteiger partial charge in [0.2, 0.25) is 11.8 Å². The Morgan fingerprint density at radius 1 is 1.22 bits per heavy atom. The molecule has 0 spiro atoms. The number of rotatable bonds is 7. The number of hydrogen-bond acceptors (Lipinski definition) is 2. The van der Waals surface area contributed by atoms with Crippen molar-refractivity contribution in [2.24, 2.45) is 5.92 Å². The zero-order valence-electron chi connectivity index (χ0n) is 14.3. The molecule has 1 atom stereocenters. The Hall–Kier alpha value is -1.84. The topological polar surface area (TPSA) is 49.4 Å². The second-order valence-corrected chi connectivity index (χ2v) is 6.49. The highest BCUT2D eigenvalue weighted by Crippen LogP contribution is 2.24. The standard InChI is InChI=1S/C19H28N2O2/c1-3-21(14-16-9-5-4-6-10-16)18(22)13-15(2)20-19(23)17-11-7-8-12-17/h4-6,9-10,15,17H,3,7-8,11-14H2,1-2H3,(H,20,23)/t15-/m1/s1. The van der Waals surface area contributed by atoms with Crippen LogP contribution in [0.3, 0.4) is 0 Å². The second-order valence-electron chi connectivity index (χ2n) is 6.49. The van der Waals surface area contributed by atoms with E-state index >= 15 is 0 Å². The molecule has 1 fully saturated rings. The number of nitrogens with zero attached hydrogens (tertiary/aromatic N) is 1. The Morgan fingerprint density at radius 3 is 2.48 bits per heavy atom. The Labute approximate surface area is 139 Å². The van der Waals surface area contributed by atoms with Crippen molar-refractivity contribution in [3.05, 3.63) is 35.9 Å². The molecule has 0 bridgehead atoms. The molecular weight excluding hydrogens is 288 g/mol. The summed E-state index contributed by atoms with van der Waals surface area (Å²) in [6, 6.07) is 9.89. The summed E-state index contributed by atoms with van der Waals surface area (Å²) in [6.45, 7) is 5.21. The average molecular weight is 316 g/mol. The number of nitrogens with one attached hydrogen (secondary N) is 1. The van der Waals surface area contributed by atoms with Crippen molar-refractivity contribution in [1.82, 2.24) is 10.2 Å². The molecule has 0 aliphatic heterocycles. The molecule has 0 unspecified atom stereocenters. The van der Waals surface area contributed by atoms with Gasteiger partial charge < -0.3 is 10.2 Å². The van der Waals surface area contributed by atoms with Crippen LogP contribution in [0.1, 0.15) is 51.5 Å². The van der Waals surface area contributed by atoms with Crippen LogP contribution in [0.2, 0.25) is 0 Å². The molecule has 0 heterocycles. The zero-order valence-corrected chi connectivity index (χ0v) is 14.3. The molecular formula is C19H28N2O2. The van der Waals surface area contributed by atoms with E-state index in [2.05, 4.69) is 5.32 Å². The van der Waals surface area contributed by atoms with E-state index in [9.17, 15) is 9.59 Å². The first kappa shape index (κ1) is 17.5. The van der Waals surface area contributed by atoms with Crippen LogP contribution in [0.5, 0.6) is 0 Å². The maximum atomic E-state index is 12.5. The van der Waals surface area contributed by atoms with Crippen LogP contribution in [-0.4, -0.2) is 29.3 Å². The number of benzene rings is 1. The van der Waals surface area contributed by atoms with E-state index in [1.807, 2.05) is 49.1 Å². The molecule has 1 aliphatic rings. The summed E-state index contributed by atoms with van der Waals surface area (Å²) in [5.74, 6) is 0.364. The molecule has 1 aliphatic carbocycles. The maximum absolute atomic E-state index is 12.5. The third-order valence-electron chi connectivity index (χ3n) is 4.55. The first-order chi connectivity index (χ1) is 11.1.